The average Bonchev–Trinajstić information content (AvgIpc) is 2.70. The van der Waals surface area contributed by atoms with Gasteiger partial charge >= 0.3 is 24.1 Å². The number of nitrogens with zero attached hydrogens (tertiary/aromatic N) is 2. The molecule has 0 spiro atoms. The molecule has 0 saturated carbocycles. The highest BCUT2D eigenvalue weighted by molar-refractivity contribution is 7.15. The molecule has 0 aliphatic rings. The van der Waals surface area contributed by atoms with E-state index >= 15 is 0 Å². The van der Waals surface area contributed by atoms with Crippen molar-refractivity contribution < 1.29 is 35.9 Å². The molecule has 0 bridgehead atoms. The Hall–Kier alpha value is -1.79. The summed E-state index contributed by atoms with van der Waals surface area (Å²) in [4.78, 5) is 10.9. The molecule has 1 aromatic rings. The fourth-order valence-electron chi connectivity index (χ4n) is 1.19. The Kier molecular flexibility index (Phi) is 4.55. The molecular formula is C8H8F6N4O2S. The lowest BCUT2D eigenvalue weighted by Crippen LogP contribution is -2.72. The first kappa shape index (κ1) is 17.3. The van der Waals surface area contributed by atoms with E-state index in [4.69, 9.17) is 0 Å². The van der Waals surface area contributed by atoms with Gasteiger partial charge in [-0.15, -0.1) is 10.2 Å². The van der Waals surface area contributed by atoms with Gasteiger partial charge in [0, 0.05) is 0 Å². The van der Waals surface area contributed by atoms with Crippen molar-refractivity contribution in [1.29, 1.82) is 0 Å². The summed E-state index contributed by atoms with van der Waals surface area (Å²) in [7, 11) is 0.627. The summed E-state index contributed by atoms with van der Waals surface area (Å²) in [6.45, 7) is 1.33. The number of methoxy groups -OCH3 is 1. The molecule has 1 aromatic heterocycles. The minimum absolute atomic E-state index is 0.133. The second kappa shape index (κ2) is 5.54. The van der Waals surface area contributed by atoms with Crippen molar-refractivity contribution in [1.82, 2.24) is 15.5 Å². The van der Waals surface area contributed by atoms with Gasteiger partial charge in [-0.2, -0.15) is 26.3 Å². The monoisotopic (exact) mass is 338 g/mol. The number of hydrogen-bond acceptors (Lipinski definition) is 6. The van der Waals surface area contributed by atoms with Gasteiger partial charge in [-0.05, 0) is 6.92 Å². The van der Waals surface area contributed by atoms with Crippen LogP contribution in [0.4, 0.5) is 36.3 Å². The molecule has 0 aliphatic heterocycles. The van der Waals surface area contributed by atoms with E-state index in [1.165, 1.54) is 6.92 Å². The highest BCUT2D eigenvalue weighted by Gasteiger charge is 2.73. The Morgan fingerprint density at radius 1 is 1.14 bits per heavy atom. The molecule has 1 rings (SSSR count). The number of halogens is 6. The molecule has 2 N–H and O–H groups in total. The molecule has 0 fully saturated rings. The van der Waals surface area contributed by atoms with Gasteiger partial charge in [0.15, 0.2) is 0 Å². The molecule has 0 aromatic carbocycles. The summed E-state index contributed by atoms with van der Waals surface area (Å²) in [5, 5.41) is 7.66. The third-order valence-corrected chi connectivity index (χ3v) is 2.90. The predicted octanol–water partition coefficient (Wildman–Crippen LogP) is 2.44. The molecule has 6 nitrogen and oxygen atoms in total. The number of carbonyl (C=O) groups excluding carboxylic acids is 1. The minimum Gasteiger partial charge on any atom is -0.453 e. The molecule has 1 heterocycles. The van der Waals surface area contributed by atoms with Crippen LogP contribution in [0, 0.1) is 6.92 Å². The number of alkyl carbamates (subject to hydrolysis) is 1. The molecule has 120 valence electrons. The van der Waals surface area contributed by atoms with E-state index in [0.29, 0.717) is 18.4 Å². The zero-order valence-electron chi connectivity index (χ0n) is 10.4. The van der Waals surface area contributed by atoms with E-state index in [2.05, 4.69) is 14.9 Å². The first-order chi connectivity index (χ1) is 9.43. The third-order valence-electron chi connectivity index (χ3n) is 2.15. The number of aryl methyl sites for hydroxylation is 1. The predicted molar refractivity (Wildman–Crippen MR) is 58.7 cm³/mol. The minimum atomic E-state index is -5.92. The number of amides is 1. The first-order valence-electron chi connectivity index (χ1n) is 5.01. The molecule has 0 radical (unpaired) electrons. The van der Waals surface area contributed by atoms with Crippen molar-refractivity contribution in [3.8, 4) is 0 Å². The smallest absolute Gasteiger partial charge is 0.439 e. The number of nitrogens with one attached hydrogen (secondary N) is 2. The zero-order valence-corrected chi connectivity index (χ0v) is 11.2. The second-order valence-electron chi connectivity index (χ2n) is 3.61. The van der Waals surface area contributed by atoms with Crippen LogP contribution in [0.25, 0.3) is 0 Å². The van der Waals surface area contributed by atoms with E-state index < -0.39 is 29.2 Å². The van der Waals surface area contributed by atoms with Crippen LogP contribution in [0.5, 0.6) is 0 Å². The van der Waals surface area contributed by atoms with Gasteiger partial charge < -0.3 is 10.1 Å². The molecule has 13 heteroatoms. The van der Waals surface area contributed by atoms with Crippen LogP contribution in [0.15, 0.2) is 0 Å². The van der Waals surface area contributed by atoms with Crippen molar-refractivity contribution >= 4 is 22.6 Å². The van der Waals surface area contributed by atoms with Crippen LogP contribution in [0.3, 0.4) is 0 Å². The lowest BCUT2D eigenvalue weighted by molar-refractivity contribution is -0.294. The topological polar surface area (TPSA) is 76.1 Å². The van der Waals surface area contributed by atoms with Gasteiger partial charge in [0.2, 0.25) is 5.13 Å². The van der Waals surface area contributed by atoms with Crippen molar-refractivity contribution in [2.24, 2.45) is 0 Å². The van der Waals surface area contributed by atoms with E-state index in [-0.39, 0.29) is 5.01 Å². The Balaban J connectivity index is 3.33. The van der Waals surface area contributed by atoms with Gasteiger partial charge in [-0.3, -0.25) is 5.32 Å². The Morgan fingerprint density at radius 3 is 2.00 bits per heavy atom. The molecule has 0 unspecified atom stereocenters. The van der Waals surface area contributed by atoms with Gasteiger partial charge in [0.25, 0.3) is 0 Å². The maximum atomic E-state index is 13.0. The number of alkyl halides is 6. The number of rotatable bonds is 3. The lowest BCUT2D eigenvalue weighted by Gasteiger charge is -2.37. The van der Waals surface area contributed by atoms with Crippen LogP contribution < -0.4 is 10.6 Å². The number of hydrogen-bond donors (Lipinski definition) is 2. The SMILES string of the molecule is COC(=O)NC(Nc1nnc(C)s1)(C(F)(F)F)C(F)(F)F. The molecule has 1 amide bonds. The van der Waals surface area contributed by atoms with Crippen molar-refractivity contribution in [2.75, 3.05) is 12.4 Å². The maximum Gasteiger partial charge on any atom is 0.439 e. The normalized spacial score (nSPS) is 13.0. The lowest BCUT2D eigenvalue weighted by atomic mass is 10.1. The molecule has 0 aliphatic carbocycles. The van der Waals surface area contributed by atoms with Gasteiger partial charge in [-0.1, -0.05) is 11.3 Å². The Bertz CT molecular complexity index is 500. The number of aromatic nitrogens is 2. The second-order valence-corrected chi connectivity index (χ2v) is 4.79. The first-order valence-corrected chi connectivity index (χ1v) is 5.82. The number of ether oxygens (including phenoxy) is 1. The maximum absolute atomic E-state index is 13.0. The number of carbonyl (C=O) groups is 1. The Labute approximate surface area is 117 Å². The van der Waals surface area contributed by atoms with Crippen LogP contribution >= 0.6 is 11.3 Å². The van der Waals surface area contributed by atoms with Crippen LogP contribution in [-0.2, 0) is 4.74 Å². The highest BCUT2D eigenvalue weighted by atomic mass is 32.1. The fourth-order valence-corrected chi connectivity index (χ4v) is 1.83. The summed E-state index contributed by atoms with van der Waals surface area (Å²) in [6.07, 6.45) is -13.8. The summed E-state index contributed by atoms with van der Waals surface area (Å²) >= 11 is 0.456. The molecule has 0 atom stereocenters. The van der Waals surface area contributed by atoms with Crippen molar-refractivity contribution in [3.63, 3.8) is 0 Å². The van der Waals surface area contributed by atoms with E-state index in [1.54, 1.807) is 0 Å². The average molecular weight is 338 g/mol. The molecule has 21 heavy (non-hydrogen) atoms. The van der Waals surface area contributed by atoms with Crippen molar-refractivity contribution in [2.45, 2.75) is 24.9 Å². The summed E-state index contributed by atoms with van der Waals surface area (Å²) in [6, 6.07) is 0. The quantitative estimate of drug-likeness (QED) is 0.654. The Morgan fingerprint density at radius 2 is 1.67 bits per heavy atom. The van der Waals surface area contributed by atoms with E-state index in [1.807, 2.05) is 0 Å². The van der Waals surface area contributed by atoms with Gasteiger partial charge in [0.05, 0.1) is 7.11 Å². The van der Waals surface area contributed by atoms with Crippen molar-refractivity contribution in [3.05, 3.63) is 5.01 Å². The van der Waals surface area contributed by atoms with Gasteiger partial charge in [-0.25, -0.2) is 4.79 Å². The molecular weight excluding hydrogens is 330 g/mol. The molecule has 0 saturated heterocycles. The highest BCUT2D eigenvalue weighted by Crippen LogP contribution is 2.43. The largest absolute Gasteiger partial charge is 0.453 e. The summed E-state index contributed by atoms with van der Waals surface area (Å²) < 4.78 is 81.6. The fraction of sp³-hybridized carbons (Fsp3) is 0.625. The van der Waals surface area contributed by atoms with E-state index in [9.17, 15) is 31.1 Å². The zero-order chi connectivity index (χ0) is 16.5. The van der Waals surface area contributed by atoms with E-state index in [0.717, 1.165) is 10.6 Å². The number of anilines is 1. The van der Waals surface area contributed by atoms with Crippen LogP contribution in [0.1, 0.15) is 5.01 Å². The summed E-state index contributed by atoms with van der Waals surface area (Å²) in [5.74, 6) is 0. The third kappa shape index (κ3) is 3.46. The standard InChI is InChI=1S/C8H8F6N4O2S/c1-3-17-18-4(21-3)15-6(7(9,10)11,8(12,13)14)16-5(19)20-2/h1-2H3,(H,15,18)(H,16,19). The summed E-state index contributed by atoms with van der Waals surface area (Å²) in [5.41, 5.74) is -4.75. The van der Waals surface area contributed by atoms with Gasteiger partial charge in [0.1, 0.15) is 5.01 Å². The van der Waals surface area contributed by atoms with Crippen LogP contribution in [-0.4, -0.2) is 41.4 Å². The van der Waals surface area contributed by atoms with Crippen LogP contribution in [0.2, 0.25) is 0 Å².